The Morgan fingerprint density at radius 2 is 2.05 bits per heavy atom. The summed E-state index contributed by atoms with van der Waals surface area (Å²) < 4.78 is 18.9. The van der Waals surface area contributed by atoms with Crippen molar-refractivity contribution in [3.8, 4) is 0 Å². The Bertz CT molecular complexity index is 537. The molecular formula is C18H24FNO2. The second-order valence-electron chi connectivity index (χ2n) is 6.98. The highest BCUT2D eigenvalue weighted by atomic mass is 19.1. The molecule has 1 saturated carbocycles. The van der Waals surface area contributed by atoms with Crippen molar-refractivity contribution >= 4 is 5.91 Å². The van der Waals surface area contributed by atoms with Crippen molar-refractivity contribution in [3.63, 3.8) is 0 Å². The van der Waals surface area contributed by atoms with Gasteiger partial charge in [0.25, 0.3) is 0 Å². The summed E-state index contributed by atoms with van der Waals surface area (Å²) in [6, 6.07) is 6.40. The highest BCUT2D eigenvalue weighted by Gasteiger charge is 2.53. The molecule has 4 heteroatoms. The molecule has 2 fully saturated rings. The maximum absolute atomic E-state index is 13.1. The third-order valence-corrected chi connectivity index (χ3v) is 4.65. The van der Waals surface area contributed by atoms with E-state index in [2.05, 4.69) is 13.8 Å². The predicted molar refractivity (Wildman–Crippen MR) is 83.1 cm³/mol. The molecule has 2 aliphatic rings. The highest BCUT2D eigenvalue weighted by Crippen LogP contribution is 2.50. The third kappa shape index (κ3) is 3.02. The fraction of sp³-hybridized carbons (Fsp3) is 0.611. The van der Waals surface area contributed by atoms with Gasteiger partial charge in [-0.1, -0.05) is 26.0 Å². The molecule has 1 atom stereocenters. The molecule has 1 aliphatic carbocycles. The number of halogens is 1. The van der Waals surface area contributed by atoms with E-state index in [9.17, 15) is 9.18 Å². The van der Waals surface area contributed by atoms with E-state index < -0.39 is 5.41 Å². The Morgan fingerprint density at radius 1 is 1.36 bits per heavy atom. The van der Waals surface area contributed by atoms with Gasteiger partial charge in [-0.2, -0.15) is 0 Å². The molecule has 1 aromatic rings. The largest absolute Gasteiger partial charge is 0.376 e. The quantitative estimate of drug-likeness (QED) is 0.836. The number of likely N-dealkylation sites (tertiary alicyclic amines) is 1. The average molecular weight is 305 g/mol. The van der Waals surface area contributed by atoms with Gasteiger partial charge in [-0.05, 0) is 42.9 Å². The van der Waals surface area contributed by atoms with Crippen LogP contribution in [0.1, 0.15) is 38.7 Å². The summed E-state index contributed by atoms with van der Waals surface area (Å²) in [5.41, 5.74) is 0.547. The first kappa shape index (κ1) is 15.5. The van der Waals surface area contributed by atoms with Crippen LogP contribution in [0.4, 0.5) is 4.39 Å². The van der Waals surface area contributed by atoms with Crippen molar-refractivity contribution in [1.82, 2.24) is 4.90 Å². The zero-order chi connectivity index (χ0) is 15.7. The third-order valence-electron chi connectivity index (χ3n) is 4.65. The molecule has 0 spiro atoms. The maximum atomic E-state index is 13.1. The zero-order valence-electron chi connectivity index (χ0n) is 13.3. The number of rotatable bonds is 5. The minimum Gasteiger partial charge on any atom is -0.376 e. The van der Waals surface area contributed by atoms with E-state index in [1.54, 1.807) is 12.1 Å². The van der Waals surface area contributed by atoms with Gasteiger partial charge in [-0.3, -0.25) is 4.79 Å². The van der Waals surface area contributed by atoms with Gasteiger partial charge < -0.3 is 9.64 Å². The molecule has 1 heterocycles. The Morgan fingerprint density at radius 3 is 2.64 bits per heavy atom. The summed E-state index contributed by atoms with van der Waals surface area (Å²) in [5, 5.41) is 0. The summed E-state index contributed by atoms with van der Waals surface area (Å²) in [6.45, 7) is 6.46. The first-order valence-electron chi connectivity index (χ1n) is 8.18. The van der Waals surface area contributed by atoms with Crippen molar-refractivity contribution in [2.24, 2.45) is 5.92 Å². The minimum absolute atomic E-state index is 0.162. The van der Waals surface area contributed by atoms with Gasteiger partial charge in [0.1, 0.15) is 5.82 Å². The number of hydrogen-bond acceptors (Lipinski definition) is 2. The van der Waals surface area contributed by atoms with E-state index >= 15 is 0 Å². The Kier molecular flexibility index (Phi) is 4.22. The SMILES string of the molecule is CC(C)COC1CCN(C(=O)C2(c3ccc(F)cc3)CC2)C1. The number of carbonyl (C=O) groups excluding carboxylic acids is 1. The summed E-state index contributed by atoms with van der Waals surface area (Å²) in [6.07, 6.45) is 2.81. The fourth-order valence-corrected chi connectivity index (χ4v) is 3.20. The molecular weight excluding hydrogens is 281 g/mol. The molecule has 1 aromatic carbocycles. The number of hydrogen-bond donors (Lipinski definition) is 0. The summed E-state index contributed by atoms with van der Waals surface area (Å²) in [4.78, 5) is 14.8. The van der Waals surface area contributed by atoms with E-state index in [-0.39, 0.29) is 17.8 Å². The molecule has 3 rings (SSSR count). The molecule has 0 bridgehead atoms. The Balaban J connectivity index is 1.63. The average Bonchev–Trinajstić information content (AvgIpc) is 3.17. The number of amides is 1. The van der Waals surface area contributed by atoms with Gasteiger partial charge >= 0.3 is 0 Å². The van der Waals surface area contributed by atoms with Crippen LogP contribution in [0.5, 0.6) is 0 Å². The summed E-state index contributed by atoms with van der Waals surface area (Å²) in [5.74, 6) is 0.448. The lowest BCUT2D eigenvalue weighted by Crippen LogP contribution is -2.38. The molecule has 120 valence electrons. The second-order valence-corrected chi connectivity index (χ2v) is 6.98. The van der Waals surface area contributed by atoms with Gasteiger partial charge in [0.05, 0.1) is 11.5 Å². The van der Waals surface area contributed by atoms with E-state index in [0.717, 1.165) is 38.0 Å². The number of carbonyl (C=O) groups is 1. The van der Waals surface area contributed by atoms with E-state index in [0.29, 0.717) is 12.5 Å². The molecule has 3 nitrogen and oxygen atoms in total. The van der Waals surface area contributed by atoms with Crippen LogP contribution < -0.4 is 0 Å². The van der Waals surface area contributed by atoms with Crippen LogP contribution in [-0.4, -0.2) is 36.6 Å². The number of benzene rings is 1. The molecule has 1 aliphatic heterocycles. The second kappa shape index (κ2) is 5.99. The lowest BCUT2D eigenvalue weighted by Gasteiger charge is -2.23. The van der Waals surface area contributed by atoms with Crippen LogP contribution in [0, 0.1) is 11.7 Å². The molecule has 0 aromatic heterocycles. The molecule has 1 saturated heterocycles. The zero-order valence-corrected chi connectivity index (χ0v) is 13.3. The van der Waals surface area contributed by atoms with Crippen molar-refractivity contribution in [3.05, 3.63) is 35.6 Å². The number of ether oxygens (including phenoxy) is 1. The smallest absolute Gasteiger partial charge is 0.233 e. The first-order chi connectivity index (χ1) is 10.5. The monoisotopic (exact) mass is 305 g/mol. The van der Waals surface area contributed by atoms with Crippen LogP contribution in [0.3, 0.4) is 0 Å². The standard InChI is InChI=1S/C18H24FNO2/c1-13(2)12-22-16-7-10-20(11-16)17(21)18(8-9-18)14-3-5-15(19)6-4-14/h3-6,13,16H,7-12H2,1-2H3. The van der Waals surface area contributed by atoms with E-state index in [1.165, 1.54) is 12.1 Å². The van der Waals surface area contributed by atoms with Crippen molar-refractivity contribution in [2.45, 2.75) is 44.6 Å². The predicted octanol–water partition coefficient (Wildman–Crippen LogP) is 3.13. The molecule has 0 N–H and O–H groups in total. The molecule has 22 heavy (non-hydrogen) atoms. The van der Waals surface area contributed by atoms with Crippen LogP contribution in [0.25, 0.3) is 0 Å². The Labute approximate surface area is 131 Å². The van der Waals surface area contributed by atoms with Crippen molar-refractivity contribution < 1.29 is 13.9 Å². The van der Waals surface area contributed by atoms with E-state index in [1.807, 2.05) is 4.90 Å². The summed E-state index contributed by atoms with van der Waals surface area (Å²) in [7, 11) is 0. The van der Waals surface area contributed by atoms with Crippen LogP contribution in [0.2, 0.25) is 0 Å². The molecule has 1 unspecified atom stereocenters. The van der Waals surface area contributed by atoms with Gasteiger partial charge in [0.15, 0.2) is 0 Å². The lowest BCUT2D eigenvalue weighted by atomic mass is 9.94. The van der Waals surface area contributed by atoms with Crippen LogP contribution >= 0.6 is 0 Å². The van der Waals surface area contributed by atoms with Crippen molar-refractivity contribution in [1.29, 1.82) is 0 Å². The van der Waals surface area contributed by atoms with E-state index in [4.69, 9.17) is 4.74 Å². The maximum Gasteiger partial charge on any atom is 0.233 e. The summed E-state index contributed by atoms with van der Waals surface area (Å²) >= 11 is 0. The van der Waals surface area contributed by atoms with Crippen LogP contribution in [0.15, 0.2) is 24.3 Å². The van der Waals surface area contributed by atoms with Gasteiger partial charge in [-0.15, -0.1) is 0 Å². The highest BCUT2D eigenvalue weighted by molar-refractivity contribution is 5.91. The lowest BCUT2D eigenvalue weighted by molar-refractivity contribution is -0.133. The van der Waals surface area contributed by atoms with Gasteiger partial charge in [0.2, 0.25) is 5.91 Å². The van der Waals surface area contributed by atoms with Crippen molar-refractivity contribution in [2.75, 3.05) is 19.7 Å². The van der Waals surface area contributed by atoms with Gasteiger partial charge in [0, 0.05) is 19.7 Å². The molecule has 1 amide bonds. The first-order valence-corrected chi connectivity index (χ1v) is 8.18. The Hall–Kier alpha value is -1.42. The van der Waals surface area contributed by atoms with Gasteiger partial charge in [-0.25, -0.2) is 4.39 Å². The normalized spacial score (nSPS) is 23.1. The minimum atomic E-state index is -0.402. The fourth-order valence-electron chi connectivity index (χ4n) is 3.20. The van der Waals surface area contributed by atoms with Crippen LogP contribution in [-0.2, 0) is 14.9 Å². The topological polar surface area (TPSA) is 29.5 Å². The molecule has 0 radical (unpaired) electrons. The number of nitrogens with zero attached hydrogens (tertiary/aromatic N) is 1.